The van der Waals surface area contributed by atoms with E-state index in [4.69, 9.17) is 10.6 Å². The van der Waals surface area contributed by atoms with E-state index in [1.807, 2.05) is 9.96 Å². The Morgan fingerprint density at radius 2 is 1.60 bits per heavy atom. The minimum absolute atomic E-state index is 0.158. The third-order valence-corrected chi connectivity index (χ3v) is 6.01. The molecule has 3 saturated heterocycles. The predicted octanol–water partition coefficient (Wildman–Crippen LogP) is 0.736. The van der Waals surface area contributed by atoms with Crippen molar-refractivity contribution in [3.05, 3.63) is 0 Å². The fourth-order valence-electron chi connectivity index (χ4n) is 4.37. The summed E-state index contributed by atoms with van der Waals surface area (Å²) < 4.78 is 0. The zero-order chi connectivity index (χ0) is 17.7. The maximum absolute atomic E-state index is 12.5. The maximum Gasteiger partial charge on any atom is 0.238 e. The molecule has 0 aliphatic carbocycles. The quantitative estimate of drug-likeness (QED) is 0.789. The number of hydrogen-bond donors (Lipinski definition) is 1. The topological polar surface area (TPSA) is 79.1 Å². The van der Waals surface area contributed by atoms with E-state index in [-0.39, 0.29) is 11.8 Å². The van der Waals surface area contributed by atoms with E-state index in [2.05, 4.69) is 4.90 Å². The van der Waals surface area contributed by atoms with Crippen LogP contribution in [0.25, 0.3) is 0 Å². The van der Waals surface area contributed by atoms with Crippen LogP contribution in [0, 0.1) is 0 Å². The summed E-state index contributed by atoms with van der Waals surface area (Å²) in [5.41, 5.74) is 5.26. The van der Waals surface area contributed by atoms with Gasteiger partial charge in [0.2, 0.25) is 11.8 Å². The molecule has 2 amide bonds. The SMILES string of the molecule is NC(=O)C1(N2CCCCC2)CCN(C(=O)CCN2CCCCO2)CC1. The molecule has 0 aromatic heterocycles. The van der Waals surface area contributed by atoms with Crippen molar-refractivity contribution in [1.82, 2.24) is 14.9 Å². The smallest absolute Gasteiger partial charge is 0.238 e. The number of carbonyl (C=O) groups excluding carboxylic acids is 2. The molecule has 142 valence electrons. The van der Waals surface area contributed by atoms with Crippen LogP contribution in [0.5, 0.6) is 0 Å². The predicted molar refractivity (Wildman–Crippen MR) is 94.5 cm³/mol. The van der Waals surface area contributed by atoms with Crippen molar-refractivity contribution in [1.29, 1.82) is 0 Å². The lowest BCUT2D eigenvalue weighted by Crippen LogP contribution is -2.63. The second-order valence-corrected chi connectivity index (χ2v) is 7.54. The molecule has 3 fully saturated rings. The van der Waals surface area contributed by atoms with Gasteiger partial charge in [0, 0.05) is 32.6 Å². The highest BCUT2D eigenvalue weighted by Gasteiger charge is 2.45. The van der Waals surface area contributed by atoms with E-state index in [1.54, 1.807) is 0 Å². The Morgan fingerprint density at radius 3 is 2.20 bits per heavy atom. The molecule has 3 aliphatic rings. The minimum atomic E-state index is -0.548. The highest BCUT2D eigenvalue weighted by Crippen LogP contribution is 2.31. The maximum atomic E-state index is 12.5. The molecule has 0 aromatic carbocycles. The van der Waals surface area contributed by atoms with E-state index in [0.717, 1.165) is 51.9 Å². The molecule has 7 heteroatoms. The summed E-state index contributed by atoms with van der Waals surface area (Å²) in [6, 6.07) is 0. The summed E-state index contributed by atoms with van der Waals surface area (Å²) in [5.74, 6) is -0.0610. The van der Waals surface area contributed by atoms with Gasteiger partial charge in [-0.2, -0.15) is 5.06 Å². The number of piperidine rings is 2. The number of likely N-dealkylation sites (tertiary alicyclic amines) is 2. The van der Waals surface area contributed by atoms with Gasteiger partial charge in [0.05, 0.1) is 6.61 Å². The van der Waals surface area contributed by atoms with Crippen LogP contribution in [0.3, 0.4) is 0 Å². The number of hydrogen-bond acceptors (Lipinski definition) is 5. The van der Waals surface area contributed by atoms with E-state index >= 15 is 0 Å². The molecule has 7 nitrogen and oxygen atoms in total. The average Bonchev–Trinajstić information content (AvgIpc) is 2.67. The number of amides is 2. The van der Waals surface area contributed by atoms with Gasteiger partial charge in [-0.1, -0.05) is 6.42 Å². The van der Waals surface area contributed by atoms with Gasteiger partial charge in [-0.15, -0.1) is 0 Å². The van der Waals surface area contributed by atoms with Gasteiger partial charge in [0.1, 0.15) is 5.54 Å². The largest absolute Gasteiger partial charge is 0.368 e. The summed E-state index contributed by atoms with van der Waals surface area (Å²) in [4.78, 5) is 34.5. The lowest BCUT2D eigenvalue weighted by molar-refractivity contribution is -0.183. The van der Waals surface area contributed by atoms with E-state index in [1.165, 1.54) is 6.42 Å². The van der Waals surface area contributed by atoms with Crippen LogP contribution in [-0.2, 0) is 14.4 Å². The van der Waals surface area contributed by atoms with Crippen LogP contribution in [0.2, 0.25) is 0 Å². The first-order chi connectivity index (χ1) is 12.1. The fraction of sp³-hybridized carbons (Fsp3) is 0.889. The number of nitrogens with two attached hydrogens (primary N) is 1. The zero-order valence-corrected chi connectivity index (χ0v) is 15.3. The number of primary amides is 1. The van der Waals surface area contributed by atoms with Gasteiger partial charge >= 0.3 is 0 Å². The molecule has 0 atom stereocenters. The second kappa shape index (κ2) is 8.47. The monoisotopic (exact) mass is 352 g/mol. The third-order valence-electron chi connectivity index (χ3n) is 6.01. The Bertz CT molecular complexity index is 465. The highest BCUT2D eigenvalue weighted by molar-refractivity contribution is 5.85. The average molecular weight is 352 g/mol. The second-order valence-electron chi connectivity index (χ2n) is 7.54. The zero-order valence-electron chi connectivity index (χ0n) is 15.3. The summed E-state index contributed by atoms with van der Waals surface area (Å²) >= 11 is 0. The fourth-order valence-corrected chi connectivity index (χ4v) is 4.37. The van der Waals surface area contributed by atoms with Crippen molar-refractivity contribution in [3.63, 3.8) is 0 Å². The number of rotatable bonds is 5. The summed E-state index contributed by atoms with van der Waals surface area (Å²) in [5, 5.41) is 1.91. The molecule has 25 heavy (non-hydrogen) atoms. The molecule has 2 N–H and O–H groups in total. The molecule has 3 aliphatic heterocycles. The molecular weight excluding hydrogens is 320 g/mol. The lowest BCUT2D eigenvalue weighted by Gasteiger charge is -2.48. The van der Waals surface area contributed by atoms with Crippen LogP contribution in [0.15, 0.2) is 0 Å². The van der Waals surface area contributed by atoms with E-state index in [9.17, 15) is 9.59 Å². The first kappa shape index (κ1) is 18.6. The molecule has 0 saturated carbocycles. The van der Waals surface area contributed by atoms with Gasteiger partial charge < -0.3 is 10.6 Å². The standard InChI is InChI=1S/C18H32N4O3/c19-17(24)18(21-9-2-1-3-10-21)7-13-20(14-8-18)16(23)6-12-22-11-4-5-15-25-22/h1-15H2,(H2,19,24). The van der Waals surface area contributed by atoms with Crippen LogP contribution >= 0.6 is 0 Å². The Labute approximate surface area is 150 Å². The summed E-state index contributed by atoms with van der Waals surface area (Å²) in [6.45, 7) is 5.47. The lowest BCUT2D eigenvalue weighted by atomic mass is 9.83. The van der Waals surface area contributed by atoms with Gasteiger partial charge in [0.15, 0.2) is 0 Å². The molecule has 3 rings (SSSR count). The first-order valence-corrected chi connectivity index (χ1v) is 9.82. The number of nitrogens with zero attached hydrogens (tertiary/aromatic N) is 3. The van der Waals surface area contributed by atoms with Gasteiger partial charge in [-0.05, 0) is 51.6 Å². The van der Waals surface area contributed by atoms with Gasteiger partial charge in [0.25, 0.3) is 0 Å². The minimum Gasteiger partial charge on any atom is -0.368 e. The Morgan fingerprint density at radius 1 is 0.920 bits per heavy atom. The molecule has 0 bridgehead atoms. The highest BCUT2D eigenvalue weighted by atomic mass is 16.7. The Balaban J connectivity index is 1.50. The first-order valence-electron chi connectivity index (χ1n) is 9.82. The van der Waals surface area contributed by atoms with Crippen molar-refractivity contribution in [2.45, 2.75) is 56.9 Å². The molecular formula is C18H32N4O3. The third kappa shape index (κ3) is 4.33. The molecule has 0 unspecified atom stereocenters. The Kier molecular flexibility index (Phi) is 6.30. The molecule has 0 radical (unpaired) electrons. The van der Waals surface area contributed by atoms with Crippen LogP contribution < -0.4 is 5.73 Å². The van der Waals surface area contributed by atoms with Crippen molar-refractivity contribution < 1.29 is 14.4 Å². The summed E-state index contributed by atoms with van der Waals surface area (Å²) in [7, 11) is 0. The summed E-state index contributed by atoms with van der Waals surface area (Å²) in [6.07, 6.45) is 7.53. The Hall–Kier alpha value is -1.18. The van der Waals surface area contributed by atoms with Crippen molar-refractivity contribution >= 4 is 11.8 Å². The number of carbonyl (C=O) groups is 2. The van der Waals surface area contributed by atoms with Crippen LogP contribution in [-0.4, -0.2) is 78.1 Å². The normalized spacial score (nSPS) is 25.7. The van der Waals surface area contributed by atoms with Crippen LogP contribution in [0.1, 0.15) is 51.4 Å². The number of hydroxylamine groups is 2. The van der Waals surface area contributed by atoms with Crippen LogP contribution in [0.4, 0.5) is 0 Å². The molecule has 0 aromatic rings. The van der Waals surface area contributed by atoms with Gasteiger partial charge in [-0.3, -0.25) is 19.3 Å². The van der Waals surface area contributed by atoms with Crippen molar-refractivity contribution in [2.24, 2.45) is 5.73 Å². The van der Waals surface area contributed by atoms with E-state index in [0.29, 0.717) is 38.9 Å². The van der Waals surface area contributed by atoms with E-state index < -0.39 is 5.54 Å². The molecule has 0 spiro atoms. The van der Waals surface area contributed by atoms with Crippen molar-refractivity contribution in [2.75, 3.05) is 45.9 Å². The van der Waals surface area contributed by atoms with Gasteiger partial charge in [-0.25, -0.2) is 0 Å². The van der Waals surface area contributed by atoms with Crippen molar-refractivity contribution in [3.8, 4) is 0 Å². The molecule has 3 heterocycles.